The minimum Gasteiger partial charge on any atom is -0.507 e. The highest BCUT2D eigenvalue weighted by molar-refractivity contribution is 7.17. The van der Waals surface area contributed by atoms with Crippen LogP contribution in [0.15, 0.2) is 18.2 Å². The molecule has 0 amide bonds. The smallest absolute Gasteiger partial charge is 0.177 e. The van der Waals surface area contributed by atoms with Gasteiger partial charge in [-0.05, 0) is 24.6 Å². The molecule has 2 aromatic rings. The number of hydrogen-bond acceptors (Lipinski definition) is 2. The molecule has 0 unspecified atom stereocenters. The van der Waals surface area contributed by atoms with Crippen molar-refractivity contribution in [3.8, 4) is 5.75 Å². The van der Waals surface area contributed by atoms with Crippen molar-refractivity contribution in [2.45, 2.75) is 6.92 Å². The average Bonchev–Trinajstić information content (AvgIpc) is 2.39. The molecular formula is C9H7FOS. The Morgan fingerprint density at radius 3 is 2.92 bits per heavy atom. The van der Waals surface area contributed by atoms with Gasteiger partial charge in [0.25, 0.3) is 0 Å². The number of aryl methyl sites for hydroxylation is 1. The van der Waals surface area contributed by atoms with E-state index in [9.17, 15) is 9.50 Å². The summed E-state index contributed by atoms with van der Waals surface area (Å²) in [5.74, 6) is 0.188. The van der Waals surface area contributed by atoms with Crippen LogP contribution in [0.3, 0.4) is 0 Å². The van der Waals surface area contributed by atoms with Crippen LogP contribution in [0.5, 0.6) is 5.75 Å². The van der Waals surface area contributed by atoms with Gasteiger partial charge in [0.1, 0.15) is 5.75 Å². The summed E-state index contributed by atoms with van der Waals surface area (Å²) in [6, 6.07) is 4.97. The second-order valence-corrected chi connectivity index (χ2v) is 3.73. The van der Waals surface area contributed by atoms with Crippen molar-refractivity contribution in [1.82, 2.24) is 0 Å². The van der Waals surface area contributed by atoms with E-state index in [4.69, 9.17) is 0 Å². The lowest BCUT2D eigenvalue weighted by Gasteiger charge is -1.97. The molecule has 0 bridgehead atoms. The number of phenols is 1. The SMILES string of the molecule is Cc1ccc2sc(F)cc2c1O. The Hall–Kier alpha value is -1.09. The third-order valence-corrected chi connectivity index (χ3v) is 2.73. The number of hydrogen-bond donors (Lipinski definition) is 1. The minimum absolute atomic E-state index is 0.188. The maximum atomic E-state index is 12.7. The Balaban J connectivity index is 2.89. The summed E-state index contributed by atoms with van der Waals surface area (Å²) in [7, 11) is 0. The third kappa shape index (κ3) is 0.975. The largest absolute Gasteiger partial charge is 0.507 e. The normalized spacial score (nSPS) is 10.8. The van der Waals surface area contributed by atoms with Crippen molar-refractivity contribution in [1.29, 1.82) is 0 Å². The van der Waals surface area contributed by atoms with Gasteiger partial charge in [0.2, 0.25) is 0 Å². The topological polar surface area (TPSA) is 20.2 Å². The first-order chi connectivity index (χ1) is 5.68. The van der Waals surface area contributed by atoms with Gasteiger partial charge in [-0.25, -0.2) is 0 Å². The zero-order chi connectivity index (χ0) is 8.72. The molecule has 3 heteroatoms. The summed E-state index contributed by atoms with van der Waals surface area (Å²) in [5.41, 5.74) is 0.778. The van der Waals surface area contributed by atoms with E-state index in [1.54, 1.807) is 13.0 Å². The van der Waals surface area contributed by atoms with E-state index in [0.717, 1.165) is 21.6 Å². The maximum Gasteiger partial charge on any atom is 0.177 e. The lowest BCUT2D eigenvalue weighted by atomic mass is 10.1. The predicted octanol–water partition coefficient (Wildman–Crippen LogP) is 3.05. The number of benzene rings is 1. The van der Waals surface area contributed by atoms with Gasteiger partial charge in [0, 0.05) is 10.1 Å². The molecule has 0 aliphatic rings. The maximum absolute atomic E-state index is 12.7. The van der Waals surface area contributed by atoms with Gasteiger partial charge in [-0.3, -0.25) is 0 Å². The van der Waals surface area contributed by atoms with Crippen LogP contribution in [0, 0.1) is 12.1 Å². The summed E-state index contributed by atoms with van der Waals surface area (Å²) in [4.78, 5) is 0. The molecule has 1 N–H and O–H groups in total. The first-order valence-electron chi connectivity index (χ1n) is 3.56. The molecule has 12 heavy (non-hydrogen) atoms. The van der Waals surface area contributed by atoms with Gasteiger partial charge >= 0.3 is 0 Å². The van der Waals surface area contributed by atoms with Crippen LogP contribution < -0.4 is 0 Å². The lowest BCUT2D eigenvalue weighted by Crippen LogP contribution is -1.72. The van der Waals surface area contributed by atoms with E-state index in [-0.39, 0.29) is 10.9 Å². The van der Waals surface area contributed by atoms with Gasteiger partial charge in [0.05, 0.1) is 0 Å². The van der Waals surface area contributed by atoms with E-state index in [1.807, 2.05) is 6.07 Å². The first kappa shape index (κ1) is 7.55. The Morgan fingerprint density at radius 2 is 2.17 bits per heavy atom. The van der Waals surface area contributed by atoms with Crippen LogP contribution in [0.1, 0.15) is 5.56 Å². The molecular weight excluding hydrogens is 175 g/mol. The van der Waals surface area contributed by atoms with Crippen LogP contribution >= 0.6 is 11.3 Å². The summed E-state index contributed by atoms with van der Waals surface area (Å²) < 4.78 is 13.5. The Kier molecular flexibility index (Phi) is 1.54. The molecule has 1 aromatic heterocycles. The van der Waals surface area contributed by atoms with Crippen molar-refractivity contribution in [3.05, 3.63) is 28.9 Å². The predicted molar refractivity (Wildman–Crippen MR) is 48.2 cm³/mol. The van der Waals surface area contributed by atoms with Crippen molar-refractivity contribution < 1.29 is 9.50 Å². The highest BCUT2D eigenvalue weighted by atomic mass is 32.1. The number of fused-ring (bicyclic) bond motifs is 1. The highest BCUT2D eigenvalue weighted by Crippen LogP contribution is 2.33. The van der Waals surface area contributed by atoms with Gasteiger partial charge in [-0.1, -0.05) is 6.07 Å². The van der Waals surface area contributed by atoms with Gasteiger partial charge < -0.3 is 5.11 Å². The van der Waals surface area contributed by atoms with Crippen LogP contribution in [0.2, 0.25) is 0 Å². The molecule has 62 valence electrons. The molecule has 2 rings (SSSR count). The van der Waals surface area contributed by atoms with Crippen LogP contribution in [0.25, 0.3) is 10.1 Å². The average molecular weight is 182 g/mol. The second kappa shape index (κ2) is 2.45. The molecule has 0 saturated heterocycles. The summed E-state index contributed by atoms with van der Waals surface area (Å²) >= 11 is 1.05. The van der Waals surface area contributed by atoms with Crippen LogP contribution in [-0.4, -0.2) is 5.11 Å². The lowest BCUT2D eigenvalue weighted by molar-refractivity contribution is 0.477. The monoisotopic (exact) mass is 182 g/mol. The van der Waals surface area contributed by atoms with Crippen molar-refractivity contribution in [2.75, 3.05) is 0 Å². The summed E-state index contributed by atoms with van der Waals surface area (Å²) in [6.45, 7) is 1.80. The summed E-state index contributed by atoms with van der Waals surface area (Å²) in [5, 5.41) is 9.86. The second-order valence-electron chi connectivity index (χ2n) is 2.69. The van der Waals surface area contributed by atoms with E-state index < -0.39 is 0 Å². The molecule has 1 heterocycles. The van der Waals surface area contributed by atoms with E-state index in [2.05, 4.69) is 0 Å². The molecule has 0 fully saturated rings. The number of aromatic hydroxyl groups is 1. The highest BCUT2D eigenvalue weighted by Gasteiger charge is 2.06. The Morgan fingerprint density at radius 1 is 1.42 bits per heavy atom. The molecule has 0 spiro atoms. The quantitative estimate of drug-likeness (QED) is 0.663. The van der Waals surface area contributed by atoms with Gasteiger partial charge in [-0.2, -0.15) is 4.39 Å². The number of halogens is 1. The standard InChI is InChI=1S/C9H7FOS/c1-5-2-3-7-6(9(5)11)4-8(10)12-7/h2-4,11H,1H3. The number of thiophene rings is 1. The molecule has 1 aromatic carbocycles. The summed E-state index contributed by atoms with van der Waals surface area (Å²) in [6.07, 6.45) is 0. The van der Waals surface area contributed by atoms with Crippen molar-refractivity contribution >= 4 is 21.4 Å². The fourth-order valence-corrected chi connectivity index (χ4v) is 1.96. The zero-order valence-electron chi connectivity index (χ0n) is 6.47. The van der Waals surface area contributed by atoms with E-state index in [0.29, 0.717) is 5.39 Å². The zero-order valence-corrected chi connectivity index (χ0v) is 7.28. The van der Waals surface area contributed by atoms with Crippen LogP contribution in [-0.2, 0) is 0 Å². The molecule has 0 aliphatic carbocycles. The van der Waals surface area contributed by atoms with E-state index >= 15 is 0 Å². The van der Waals surface area contributed by atoms with E-state index in [1.165, 1.54) is 6.07 Å². The molecule has 0 saturated carbocycles. The van der Waals surface area contributed by atoms with Crippen LogP contribution in [0.4, 0.5) is 4.39 Å². The molecule has 0 radical (unpaired) electrons. The minimum atomic E-state index is -0.258. The Labute approximate surface area is 73.1 Å². The number of rotatable bonds is 0. The van der Waals surface area contributed by atoms with Gasteiger partial charge in [-0.15, -0.1) is 11.3 Å². The third-order valence-electron chi connectivity index (χ3n) is 1.84. The fourth-order valence-electron chi connectivity index (χ4n) is 1.17. The molecule has 0 aliphatic heterocycles. The fraction of sp³-hybridized carbons (Fsp3) is 0.111. The molecule has 0 atom stereocenters. The molecule has 1 nitrogen and oxygen atoms in total. The first-order valence-corrected chi connectivity index (χ1v) is 4.38. The Bertz CT molecular complexity index is 433. The van der Waals surface area contributed by atoms with Crippen molar-refractivity contribution in [3.63, 3.8) is 0 Å². The van der Waals surface area contributed by atoms with Gasteiger partial charge in [0.15, 0.2) is 5.13 Å². The number of phenolic OH excluding ortho intramolecular Hbond substituents is 1. The van der Waals surface area contributed by atoms with Crippen molar-refractivity contribution in [2.24, 2.45) is 0 Å².